The normalized spacial score (nSPS) is 13.2. The Labute approximate surface area is 97.3 Å². The molecule has 0 fully saturated rings. The average molecular weight is 246 g/mol. The highest BCUT2D eigenvalue weighted by Gasteiger charge is 2.41. The van der Waals surface area contributed by atoms with Crippen molar-refractivity contribution in [3.8, 4) is 0 Å². The standard InChI is InChI=1S/C11H13F3N2O/c1-7-4-5-8(6-9(7)16-15-2)10(17-3)11(12,13)14/h4-6,10,16H,2H2,1,3H3. The molecule has 6 heteroatoms. The lowest BCUT2D eigenvalue weighted by molar-refractivity contribution is -0.215. The van der Waals surface area contributed by atoms with Crippen LogP contribution in [0.1, 0.15) is 17.2 Å². The van der Waals surface area contributed by atoms with Crippen molar-refractivity contribution in [3.63, 3.8) is 0 Å². The fraction of sp³-hybridized carbons (Fsp3) is 0.364. The second kappa shape index (κ2) is 5.18. The lowest BCUT2D eigenvalue weighted by atomic mass is 10.1. The van der Waals surface area contributed by atoms with Crippen molar-refractivity contribution in [2.24, 2.45) is 5.10 Å². The molecule has 1 aromatic carbocycles. The van der Waals surface area contributed by atoms with Crippen LogP contribution in [-0.2, 0) is 4.74 Å². The van der Waals surface area contributed by atoms with E-state index >= 15 is 0 Å². The molecule has 1 rings (SSSR count). The van der Waals surface area contributed by atoms with Crippen LogP contribution in [-0.4, -0.2) is 20.0 Å². The molecular weight excluding hydrogens is 233 g/mol. The van der Waals surface area contributed by atoms with Crippen LogP contribution in [0.25, 0.3) is 0 Å². The summed E-state index contributed by atoms with van der Waals surface area (Å²) in [5.74, 6) is 0. The fourth-order valence-electron chi connectivity index (χ4n) is 1.47. The van der Waals surface area contributed by atoms with E-state index < -0.39 is 12.3 Å². The van der Waals surface area contributed by atoms with Gasteiger partial charge in [-0.05, 0) is 24.1 Å². The van der Waals surface area contributed by atoms with Gasteiger partial charge in [0.25, 0.3) is 0 Å². The Bertz CT molecular complexity index is 404. The van der Waals surface area contributed by atoms with Crippen LogP contribution in [0.3, 0.4) is 0 Å². The molecule has 94 valence electrons. The zero-order chi connectivity index (χ0) is 13.1. The van der Waals surface area contributed by atoms with E-state index in [1.54, 1.807) is 13.0 Å². The van der Waals surface area contributed by atoms with Crippen LogP contribution in [0, 0.1) is 6.92 Å². The van der Waals surface area contributed by atoms with E-state index in [-0.39, 0.29) is 5.56 Å². The molecule has 1 aromatic rings. The second-order valence-corrected chi connectivity index (χ2v) is 3.50. The molecule has 0 amide bonds. The van der Waals surface area contributed by atoms with Gasteiger partial charge in [0.05, 0.1) is 5.69 Å². The van der Waals surface area contributed by atoms with E-state index in [1.807, 2.05) is 0 Å². The van der Waals surface area contributed by atoms with Crippen LogP contribution in [0.4, 0.5) is 18.9 Å². The van der Waals surface area contributed by atoms with Gasteiger partial charge >= 0.3 is 6.18 Å². The van der Waals surface area contributed by atoms with Gasteiger partial charge in [0.1, 0.15) is 0 Å². The number of hydrazone groups is 1. The van der Waals surface area contributed by atoms with E-state index in [9.17, 15) is 13.2 Å². The van der Waals surface area contributed by atoms with Crippen molar-refractivity contribution in [1.29, 1.82) is 0 Å². The minimum Gasteiger partial charge on any atom is -0.367 e. The molecule has 0 aliphatic rings. The number of halogens is 3. The van der Waals surface area contributed by atoms with E-state index in [4.69, 9.17) is 0 Å². The number of nitrogens with zero attached hydrogens (tertiary/aromatic N) is 1. The highest BCUT2D eigenvalue weighted by Crippen LogP contribution is 2.36. The van der Waals surface area contributed by atoms with Crippen molar-refractivity contribution < 1.29 is 17.9 Å². The van der Waals surface area contributed by atoms with E-state index in [0.29, 0.717) is 5.69 Å². The molecule has 0 spiro atoms. The third kappa shape index (κ3) is 3.20. The first-order valence-corrected chi connectivity index (χ1v) is 4.82. The maximum atomic E-state index is 12.6. The lowest BCUT2D eigenvalue weighted by Gasteiger charge is -2.20. The monoisotopic (exact) mass is 246 g/mol. The van der Waals surface area contributed by atoms with Gasteiger partial charge in [-0.3, -0.25) is 5.43 Å². The second-order valence-electron chi connectivity index (χ2n) is 3.50. The van der Waals surface area contributed by atoms with Crippen LogP contribution in [0.2, 0.25) is 0 Å². The Kier molecular flexibility index (Phi) is 4.11. The molecule has 3 nitrogen and oxygen atoms in total. The minimum atomic E-state index is -4.44. The molecule has 0 saturated heterocycles. The predicted molar refractivity (Wildman–Crippen MR) is 60.2 cm³/mol. The fourth-order valence-corrected chi connectivity index (χ4v) is 1.47. The van der Waals surface area contributed by atoms with Gasteiger partial charge in [-0.2, -0.15) is 18.3 Å². The number of anilines is 1. The van der Waals surface area contributed by atoms with Crippen molar-refractivity contribution in [2.45, 2.75) is 19.2 Å². The van der Waals surface area contributed by atoms with Gasteiger partial charge in [-0.1, -0.05) is 12.1 Å². The molecule has 0 aromatic heterocycles. The first-order chi connectivity index (χ1) is 7.90. The van der Waals surface area contributed by atoms with Crippen molar-refractivity contribution in [3.05, 3.63) is 29.3 Å². The molecule has 17 heavy (non-hydrogen) atoms. The summed E-state index contributed by atoms with van der Waals surface area (Å²) in [5.41, 5.74) is 3.81. The minimum absolute atomic E-state index is 0.0248. The highest BCUT2D eigenvalue weighted by molar-refractivity contribution is 5.53. The summed E-state index contributed by atoms with van der Waals surface area (Å²) in [6, 6.07) is 4.30. The molecule has 0 saturated carbocycles. The molecule has 1 N–H and O–H groups in total. The quantitative estimate of drug-likeness (QED) is 0.653. The van der Waals surface area contributed by atoms with Crippen molar-refractivity contribution in [1.82, 2.24) is 0 Å². The lowest BCUT2D eigenvalue weighted by Crippen LogP contribution is -2.22. The number of hydrogen-bond donors (Lipinski definition) is 1. The molecule has 0 radical (unpaired) electrons. The van der Waals surface area contributed by atoms with Gasteiger partial charge in [-0.25, -0.2) is 0 Å². The van der Waals surface area contributed by atoms with Gasteiger partial charge in [-0.15, -0.1) is 0 Å². The highest BCUT2D eigenvalue weighted by atomic mass is 19.4. The summed E-state index contributed by atoms with van der Waals surface area (Å²) in [5, 5.41) is 3.43. The van der Waals surface area contributed by atoms with E-state index in [0.717, 1.165) is 12.7 Å². The molecule has 1 unspecified atom stereocenters. The summed E-state index contributed by atoms with van der Waals surface area (Å²) in [6.07, 6.45) is -6.38. The number of alkyl halides is 3. The van der Waals surface area contributed by atoms with Crippen LogP contribution in [0.15, 0.2) is 23.3 Å². The van der Waals surface area contributed by atoms with Gasteiger partial charge in [0.2, 0.25) is 0 Å². The smallest absolute Gasteiger partial charge is 0.367 e. The summed E-state index contributed by atoms with van der Waals surface area (Å²) in [7, 11) is 1.02. The van der Waals surface area contributed by atoms with Gasteiger partial charge < -0.3 is 4.74 Å². The summed E-state index contributed by atoms with van der Waals surface area (Å²) in [4.78, 5) is 0. The van der Waals surface area contributed by atoms with E-state index in [1.165, 1.54) is 12.1 Å². The molecule has 1 atom stereocenters. The zero-order valence-corrected chi connectivity index (χ0v) is 9.51. The average Bonchev–Trinajstić information content (AvgIpc) is 2.22. The first kappa shape index (κ1) is 13.5. The number of rotatable bonds is 4. The molecule has 0 aliphatic carbocycles. The molecule has 0 aliphatic heterocycles. The summed E-state index contributed by atoms with van der Waals surface area (Å²) >= 11 is 0. The number of nitrogens with one attached hydrogen (secondary N) is 1. The van der Waals surface area contributed by atoms with Crippen LogP contribution in [0.5, 0.6) is 0 Å². The van der Waals surface area contributed by atoms with Crippen molar-refractivity contribution in [2.75, 3.05) is 12.5 Å². The maximum Gasteiger partial charge on any atom is 0.418 e. The Morgan fingerprint density at radius 1 is 1.41 bits per heavy atom. The number of aryl methyl sites for hydroxylation is 1. The number of ether oxygens (including phenoxy) is 1. The predicted octanol–water partition coefficient (Wildman–Crippen LogP) is 3.27. The maximum absolute atomic E-state index is 12.6. The SMILES string of the molecule is C=NNc1cc(C(OC)C(F)(F)F)ccc1C. The zero-order valence-electron chi connectivity index (χ0n) is 9.51. The van der Waals surface area contributed by atoms with Crippen molar-refractivity contribution >= 4 is 12.4 Å². The Balaban J connectivity index is 3.13. The largest absolute Gasteiger partial charge is 0.418 e. The number of methoxy groups -OCH3 is 1. The number of hydrogen-bond acceptors (Lipinski definition) is 3. The summed E-state index contributed by atoms with van der Waals surface area (Å²) < 4.78 is 42.4. The molecule has 0 heterocycles. The topological polar surface area (TPSA) is 33.6 Å². The van der Waals surface area contributed by atoms with Gasteiger partial charge in [0, 0.05) is 13.8 Å². The Hall–Kier alpha value is -1.56. The Morgan fingerprint density at radius 2 is 2.06 bits per heavy atom. The third-order valence-corrected chi connectivity index (χ3v) is 2.30. The third-order valence-electron chi connectivity index (χ3n) is 2.30. The molecular formula is C11H13F3N2O. The van der Waals surface area contributed by atoms with E-state index in [2.05, 4.69) is 22.0 Å². The van der Waals surface area contributed by atoms with Crippen LogP contribution >= 0.6 is 0 Å². The van der Waals surface area contributed by atoms with Gasteiger partial charge in [0.15, 0.2) is 6.10 Å². The summed E-state index contributed by atoms with van der Waals surface area (Å²) in [6.45, 7) is 4.98. The molecule has 0 bridgehead atoms. The first-order valence-electron chi connectivity index (χ1n) is 4.82. The Morgan fingerprint density at radius 3 is 2.53 bits per heavy atom. The van der Waals surface area contributed by atoms with Crippen LogP contribution < -0.4 is 5.43 Å². The number of benzene rings is 1.